The highest BCUT2D eigenvalue weighted by molar-refractivity contribution is 6.09. The molecule has 0 aliphatic carbocycles. The number of nitrogens with one attached hydrogen (secondary N) is 2. The number of carbonyl (C=O) groups is 3. The van der Waals surface area contributed by atoms with Gasteiger partial charge in [0.1, 0.15) is 11.8 Å². The number of para-hydroxylation sites is 1. The summed E-state index contributed by atoms with van der Waals surface area (Å²) >= 11 is 0. The number of imide groups is 1. The Kier molecular flexibility index (Phi) is 4.57. The van der Waals surface area contributed by atoms with Gasteiger partial charge in [-0.1, -0.05) is 30.3 Å². The lowest BCUT2D eigenvalue weighted by Crippen LogP contribution is -2.36. The van der Waals surface area contributed by atoms with Gasteiger partial charge in [0.15, 0.2) is 5.78 Å². The lowest BCUT2D eigenvalue weighted by molar-refractivity contribution is -0.127. The number of benzene rings is 2. The Bertz CT molecular complexity index is 1070. The summed E-state index contributed by atoms with van der Waals surface area (Å²) in [6.07, 6.45) is 2.20. The van der Waals surface area contributed by atoms with Crippen molar-refractivity contribution >= 4 is 28.6 Å². The van der Waals surface area contributed by atoms with Crippen LogP contribution in [-0.2, 0) is 11.2 Å². The first-order valence-corrected chi connectivity index (χ1v) is 8.91. The number of aromatic nitrogens is 1. The van der Waals surface area contributed by atoms with E-state index in [9.17, 15) is 14.4 Å². The van der Waals surface area contributed by atoms with E-state index >= 15 is 0 Å². The first-order chi connectivity index (χ1) is 13.6. The molecule has 4 rings (SSSR count). The van der Waals surface area contributed by atoms with Gasteiger partial charge in [-0.05, 0) is 23.8 Å². The second kappa shape index (κ2) is 7.19. The number of ether oxygens (including phenoxy) is 1. The highest BCUT2D eigenvalue weighted by Gasteiger charge is 2.39. The monoisotopic (exact) mass is 377 g/mol. The maximum absolute atomic E-state index is 12.7. The number of Topliss-reactive ketones (excluding diaryl/α,β-unsaturated/α-hetero) is 1. The van der Waals surface area contributed by atoms with Gasteiger partial charge in [0, 0.05) is 29.1 Å². The third-order valence-corrected chi connectivity index (χ3v) is 4.90. The van der Waals surface area contributed by atoms with Crippen LogP contribution >= 0.6 is 0 Å². The molecular formula is C21H19N3O4. The molecule has 0 spiro atoms. The van der Waals surface area contributed by atoms with Crippen LogP contribution in [0.25, 0.3) is 10.9 Å². The fourth-order valence-corrected chi connectivity index (χ4v) is 3.42. The largest absolute Gasteiger partial charge is 0.497 e. The summed E-state index contributed by atoms with van der Waals surface area (Å²) in [5, 5.41) is 3.69. The lowest BCUT2D eigenvalue weighted by atomic mass is 10.0. The number of nitrogens with zero attached hydrogens (tertiary/aromatic N) is 1. The highest BCUT2D eigenvalue weighted by Crippen LogP contribution is 2.21. The number of urea groups is 1. The van der Waals surface area contributed by atoms with Gasteiger partial charge < -0.3 is 15.0 Å². The van der Waals surface area contributed by atoms with E-state index in [-0.39, 0.29) is 12.3 Å². The smallest absolute Gasteiger partial charge is 0.325 e. The van der Waals surface area contributed by atoms with Crippen LogP contribution in [0.15, 0.2) is 54.7 Å². The molecule has 142 valence electrons. The van der Waals surface area contributed by atoms with E-state index in [1.807, 2.05) is 30.5 Å². The lowest BCUT2D eigenvalue weighted by Gasteiger charge is -2.12. The van der Waals surface area contributed by atoms with Crippen LogP contribution in [0.1, 0.15) is 15.9 Å². The molecular weight excluding hydrogens is 358 g/mol. The minimum Gasteiger partial charge on any atom is -0.497 e. The zero-order valence-corrected chi connectivity index (χ0v) is 15.3. The molecule has 2 heterocycles. The zero-order valence-electron chi connectivity index (χ0n) is 15.3. The summed E-state index contributed by atoms with van der Waals surface area (Å²) in [6.45, 7) is -0.303. The predicted octanol–water partition coefficient (Wildman–Crippen LogP) is 2.52. The second-order valence-electron chi connectivity index (χ2n) is 6.65. The third-order valence-electron chi connectivity index (χ3n) is 4.90. The normalized spacial score (nSPS) is 16.5. The molecule has 0 bridgehead atoms. The Morgan fingerprint density at radius 3 is 2.79 bits per heavy atom. The van der Waals surface area contributed by atoms with Gasteiger partial charge in [0.2, 0.25) is 0 Å². The number of aromatic amines is 1. The van der Waals surface area contributed by atoms with Gasteiger partial charge in [-0.3, -0.25) is 14.5 Å². The maximum atomic E-state index is 12.7. The fraction of sp³-hybridized carbons (Fsp3) is 0.190. The Morgan fingerprint density at radius 1 is 1.14 bits per heavy atom. The van der Waals surface area contributed by atoms with Crippen molar-refractivity contribution < 1.29 is 19.1 Å². The number of hydrogen-bond acceptors (Lipinski definition) is 4. The van der Waals surface area contributed by atoms with E-state index in [1.165, 1.54) is 7.11 Å². The van der Waals surface area contributed by atoms with Crippen LogP contribution in [0.5, 0.6) is 5.75 Å². The minimum absolute atomic E-state index is 0.303. The predicted molar refractivity (Wildman–Crippen MR) is 103 cm³/mol. The molecule has 7 heteroatoms. The molecule has 1 aliphatic rings. The number of rotatable bonds is 6. The van der Waals surface area contributed by atoms with Crippen molar-refractivity contribution in [2.75, 3.05) is 13.7 Å². The first kappa shape index (κ1) is 17.8. The van der Waals surface area contributed by atoms with Crippen molar-refractivity contribution in [2.24, 2.45) is 0 Å². The van der Waals surface area contributed by atoms with Crippen LogP contribution in [0.4, 0.5) is 4.79 Å². The van der Waals surface area contributed by atoms with E-state index in [4.69, 9.17) is 4.74 Å². The van der Waals surface area contributed by atoms with Gasteiger partial charge in [0.05, 0.1) is 13.7 Å². The summed E-state index contributed by atoms with van der Waals surface area (Å²) in [5.74, 6) is -0.179. The topological polar surface area (TPSA) is 91.5 Å². The molecule has 3 aromatic rings. The molecule has 2 N–H and O–H groups in total. The molecule has 7 nitrogen and oxygen atoms in total. The van der Waals surface area contributed by atoms with E-state index in [1.54, 1.807) is 24.3 Å². The summed E-state index contributed by atoms with van der Waals surface area (Å²) < 4.78 is 5.11. The van der Waals surface area contributed by atoms with E-state index in [0.717, 1.165) is 21.4 Å². The van der Waals surface area contributed by atoms with Crippen LogP contribution in [0.2, 0.25) is 0 Å². The SMILES string of the molecule is COc1cccc(C(=O)CN2C(=O)N[C@@H](Cc3c[nH]c4ccccc34)C2=O)c1. The van der Waals surface area contributed by atoms with Crippen molar-refractivity contribution in [3.8, 4) is 5.75 Å². The summed E-state index contributed by atoms with van der Waals surface area (Å²) in [6, 6.07) is 13.2. The Hall–Kier alpha value is -3.61. The van der Waals surface area contributed by atoms with E-state index < -0.39 is 18.0 Å². The summed E-state index contributed by atoms with van der Waals surface area (Å²) in [4.78, 5) is 41.7. The number of H-pyrrole nitrogens is 1. The number of hydrogen-bond donors (Lipinski definition) is 2. The Labute approximate surface area is 161 Å². The quantitative estimate of drug-likeness (QED) is 0.510. The van der Waals surface area contributed by atoms with E-state index in [0.29, 0.717) is 17.7 Å². The van der Waals surface area contributed by atoms with Gasteiger partial charge >= 0.3 is 6.03 Å². The Balaban J connectivity index is 1.48. The number of ketones is 1. The van der Waals surface area contributed by atoms with Crippen molar-refractivity contribution in [1.82, 2.24) is 15.2 Å². The molecule has 2 aromatic carbocycles. The number of methoxy groups -OCH3 is 1. The van der Waals surface area contributed by atoms with E-state index in [2.05, 4.69) is 10.3 Å². The van der Waals surface area contributed by atoms with Crippen LogP contribution in [-0.4, -0.2) is 47.3 Å². The van der Waals surface area contributed by atoms with Crippen molar-refractivity contribution in [3.05, 3.63) is 65.9 Å². The van der Waals surface area contributed by atoms with Gasteiger partial charge in [-0.25, -0.2) is 4.79 Å². The van der Waals surface area contributed by atoms with Crippen molar-refractivity contribution in [1.29, 1.82) is 0 Å². The second-order valence-corrected chi connectivity index (χ2v) is 6.65. The van der Waals surface area contributed by atoms with Crippen molar-refractivity contribution in [2.45, 2.75) is 12.5 Å². The Morgan fingerprint density at radius 2 is 1.96 bits per heavy atom. The first-order valence-electron chi connectivity index (χ1n) is 8.91. The molecule has 3 amide bonds. The molecule has 1 fully saturated rings. The average molecular weight is 377 g/mol. The van der Waals surface area contributed by atoms with Gasteiger partial charge in [0.25, 0.3) is 5.91 Å². The maximum Gasteiger partial charge on any atom is 0.325 e. The van der Waals surface area contributed by atoms with Crippen LogP contribution in [0.3, 0.4) is 0 Å². The number of carbonyl (C=O) groups excluding carboxylic acids is 3. The molecule has 1 aliphatic heterocycles. The summed E-state index contributed by atoms with van der Waals surface area (Å²) in [5.41, 5.74) is 2.30. The highest BCUT2D eigenvalue weighted by atomic mass is 16.5. The molecule has 1 aromatic heterocycles. The van der Waals surface area contributed by atoms with Gasteiger partial charge in [-0.15, -0.1) is 0 Å². The van der Waals surface area contributed by atoms with Crippen LogP contribution < -0.4 is 10.1 Å². The standard InChI is InChI=1S/C21H19N3O4/c1-28-15-6-4-5-13(9-15)19(25)12-24-20(26)18(23-21(24)27)10-14-11-22-17-8-3-2-7-16(14)17/h2-9,11,18,22H,10,12H2,1H3,(H,23,27)/t18-/m0/s1. The van der Waals surface area contributed by atoms with Gasteiger partial charge in [-0.2, -0.15) is 0 Å². The number of amides is 3. The molecule has 28 heavy (non-hydrogen) atoms. The molecule has 0 saturated carbocycles. The fourth-order valence-electron chi connectivity index (χ4n) is 3.42. The average Bonchev–Trinajstić information content (AvgIpc) is 3.24. The molecule has 1 atom stereocenters. The minimum atomic E-state index is -0.690. The van der Waals surface area contributed by atoms with Crippen molar-refractivity contribution in [3.63, 3.8) is 0 Å². The third kappa shape index (κ3) is 3.22. The summed E-state index contributed by atoms with van der Waals surface area (Å²) in [7, 11) is 1.51. The molecule has 1 saturated heterocycles. The zero-order chi connectivity index (χ0) is 19.7. The molecule has 0 radical (unpaired) electrons. The molecule has 0 unspecified atom stereocenters. The van der Waals surface area contributed by atoms with Crippen LogP contribution in [0, 0.1) is 0 Å². The number of fused-ring (bicyclic) bond motifs is 1.